The van der Waals surface area contributed by atoms with Crippen molar-refractivity contribution in [2.24, 2.45) is 0 Å². The third-order valence-electron chi connectivity index (χ3n) is 2.94. The average molecular weight is 293 g/mol. The minimum atomic E-state index is -0.897. The highest BCUT2D eigenvalue weighted by Gasteiger charge is 2.18. The molecular formula is C14H10Cl2N2O. The molecule has 0 fully saturated rings. The quantitative estimate of drug-likeness (QED) is 0.782. The number of rotatable bonds is 2. The molecule has 0 radical (unpaired) electrons. The molecule has 2 heterocycles. The van der Waals surface area contributed by atoms with Crippen LogP contribution in [0, 0.1) is 0 Å². The summed E-state index contributed by atoms with van der Waals surface area (Å²) in [6.07, 6.45) is 2.75. The van der Waals surface area contributed by atoms with Gasteiger partial charge in [0.25, 0.3) is 0 Å². The highest BCUT2D eigenvalue weighted by Crippen LogP contribution is 2.32. The number of imidazole rings is 1. The molecule has 0 aliphatic heterocycles. The molecule has 0 saturated heterocycles. The summed E-state index contributed by atoms with van der Waals surface area (Å²) in [5.41, 5.74) is 1.86. The Morgan fingerprint density at radius 2 is 1.95 bits per heavy atom. The molecule has 1 unspecified atom stereocenters. The van der Waals surface area contributed by atoms with Crippen LogP contribution in [0.4, 0.5) is 0 Å². The predicted molar refractivity (Wildman–Crippen MR) is 75.7 cm³/mol. The van der Waals surface area contributed by atoms with Crippen LogP contribution in [0.15, 0.2) is 48.8 Å². The second-order valence-electron chi connectivity index (χ2n) is 4.18. The van der Waals surface area contributed by atoms with Crippen LogP contribution in [0.2, 0.25) is 10.0 Å². The number of aromatic nitrogens is 2. The molecule has 2 aromatic heterocycles. The van der Waals surface area contributed by atoms with E-state index in [2.05, 4.69) is 4.98 Å². The van der Waals surface area contributed by atoms with Crippen molar-refractivity contribution in [3.05, 3.63) is 70.1 Å². The summed E-state index contributed by atoms with van der Waals surface area (Å²) >= 11 is 12.1. The van der Waals surface area contributed by atoms with Crippen molar-refractivity contribution in [1.29, 1.82) is 0 Å². The highest BCUT2D eigenvalue weighted by molar-refractivity contribution is 6.42. The van der Waals surface area contributed by atoms with E-state index in [0.29, 0.717) is 21.3 Å². The lowest BCUT2D eigenvalue weighted by Crippen LogP contribution is -2.01. The van der Waals surface area contributed by atoms with Crippen molar-refractivity contribution >= 4 is 28.8 Å². The largest absolute Gasteiger partial charge is 0.382 e. The summed E-state index contributed by atoms with van der Waals surface area (Å²) < 4.78 is 1.84. The summed E-state index contributed by atoms with van der Waals surface area (Å²) in [6, 6.07) is 10.8. The zero-order chi connectivity index (χ0) is 13.4. The van der Waals surface area contributed by atoms with Gasteiger partial charge in [-0.15, -0.1) is 0 Å². The highest BCUT2D eigenvalue weighted by atomic mass is 35.5. The topological polar surface area (TPSA) is 37.5 Å². The Kier molecular flexibility index (Phi) is 3.19. The van der Waals surface area contributed by atoms with E-state index in [-0.39, 0.29) is 0 Å². The normalized spacial score (nSPS) is 12.8. The maximum absolute atomic E-state index is 10.4. The molecule has 1 aromatic carbocycles. The molecule has 0 bridgehead atoms. The van der Waals surface area contributed by atoms with Gasteiger partial charge < -0.3 is 9.51 Å². The monoisotopic (exact) mass is 292 g/mol. The Balaban J connectivity index is 2.08. The van der Waals surface area contributed by atoms with Gasteiger partial charge in [-0.2, -0.15) is 0 Å². The van der Waals surface area contributed by atoms with Gasteiger partial charge >= 0.3 is 0 Å². The maximum Gasteiger partial charge on any atom is 0.137 e. The summed E-state index contributed by atoms with van der Waals surface area (Å²) in [6.45, 7) is 0. The van der Waals surface area contributed by atoms with Crippen LogP contribution in [-0.4, -0.2) is 14.5 Å². The van der Waals surface area contributed by atoms with Crippen LogP contribution >= 0.6 is 23.2 Å². The molecule has 0 aliphatic rings. The number of aliphatic hydroxyl groups excluding tert-OH is 1. The summed E-state index contributed by atoms with van der Waals surface area (Å²) in [4.78, 5) is 4.37. The van der Waals surface area contributed by atoms with E-state index >= 15 is 0 Å². The van der Waals surface area contributed by atoms with E-state index in [4.69, 9.17) is 23.2 Å². The van der Waals surface area contributed by atoms with E-state index in [9.17, 15) is 5.11 Å². The molecule has 0 spiro atoms. The van der Waals surface area contributed by atoms with Gasteiger partial charge in [-0.25, -0.2) is 4.98 Å². The van der Waals surface area contributed by atoms with Crippen LogP contribution < -0.4 is 0 Å². The number of benzene rings is 1. The third-order valence-corrected chi connectivity index (χ3v) is 3.77. The van der Waals surface area contributed by atoms with E-state index in [1.165, 1.54) is 0 Å². The average Bonchev–Trinajstić information content (AvgIpc) is 2.85. The Morgan fingerprint density at radius 3 is 2.74 bits per heavy atom. The fourth-order valence-electron chi connectivity index (χ4n) is 1.98. The van der Waals surface area contributed by atoms with Gasteiger partial charge in [0.15, 0.2) is 0 Å². The number of halogens is 2. The minimum absolute atomic E-state index is 0.355. The third kappa shape index (κ3) is 2.21. The molecule has 0 aliphatic carbocycles. The van der Waals surface area contributed by atoms with Crippen LogP contribution in [0.25, 0.3) is 5.65 Å². The van der Waals surface area contributed by atoms with Gasteiger partial charge in [0.1, 0.15) is 11.8 Å². The molecule has 96 valence electrons. The summed E-state index contributed by atoms with van der Waals surface area (Å²) in [7, 11) is 0. The van der Waals surface area contributed by atoms with E-state index in [1.807, 2.05) is 28.8 Å². The second kappa shape index (κ2) is 4.85. The molecule has 19 heavy (non-hydrogen) atoms. The van der Waals surface area contributed by atoms with E-state index in [1.54, 1.807) is 24.4 Å². The minimum Gasteiger partial charge on any atom is -0.382 e. The van der Waals surface area contributed by atoms with Crippen molar-refractivity contribution in [1.82, 2.24) is 9.38 Å². The summed E-state index contributed by atoms with van der Waals surface area (Å²) in [5, 5.41) is 11.2. The Bertz CT molecular complexity index is 706. The smallest absolute Gasteiger partial charge is 0.137 e. The zero-order valence-corrected chi connectivity index (χ0v) is 11.3. The lowest BCUT2D eigenvalue weighted by molar-refractivity contribution is 0.216. The van der Waals surface area contributed by atoms with E-state index in [0.717, 1.165) is 5.65 Å². The number of pyridine rings is 1. The van der Waals surface area contributed by atoms with Gasteiger partial charge in [0.05, 0.1) is 15.7 Å². The van der Waals surface area contributed by atoms with Gasteiger partial charge in [0, 0.05) is 18.0 Å². The maximum atomic E-state index is 10.4. The second-order valence-corrected chi connectivity index (χ2v) is 4.96. The molecule has 0 saturated carbocycles. The molecule has 0 amide bonds. The first-order valence-electron chi connectivity index (χ1n) is 5.72. The van der Waals surface area contributed by atoms with Gasteiger partial charge in [-0.05, 0) is 18.2 Å². The SMILES string of the molecule is OC(c1cn2ccccc2n1)c1cccc(Cl)c1Cl. The van der Waals surface area contributed by atoms with E-state index < -0.39 is 6.10 Å². The number of fused-ring (bicyclic) bond motifs is 1. The number of hydrogen-bond acceptors (Lipinski definition) is 2. The van der Waals surface area contributed by atoms with Crippen molar-refractivity contribution in [3.63, 3.8) is 0 Å². The Labute approximate surface area is 120 Å². The first-order chi connectivity index (χ1) is 9.16. The standard InChI is InChI=1S/C14H10Cl2N2O/c15-10-5-3-4-9(13(10)16)14(19)11-8-18-7-2-1-6-12(18)17-11/h1-8,14,19H. The fraction of sp³-hybridized carbons (Fsp3) is 0.0714. The van der Waals surface area contributed by atoms with Gasteiger partial charge in [0.2, 0.25) is 0 Å². The van der Waals surface area contributed by atoms with Gasteiger partial charge in [-0.1, -0.05) is 41.4 Å². The van der Waals surface area contributed by atoms with Crippen LogP contribution in [0.1, 0.15) is 17.4 Å². The molecule has 1 N–H and O–H groups in total. The van der Waals surface area contributed by atoms with Crippen LogP contribution in [0.3, 0.4) is 0 Å². The molecule has 1 atom stereocenters. The van der Waals surface area contributed by atoms with Gasteiger partial charge in [-0.3, -0.25) is 0 Å². The van der Waals surface area contributed by atoms with Crippen molar-refractivity contribution in [2.45, 2.75) is 6.10 Å². The summed E-state index contributed by atoms with van der Waals surface area (Å²) in [5.74, 6) is 0. The lowest BCUT2D eigenvalue weighted by Gasteiger charge is -2.10. The molecule has 3 nitrogen and oxygen atoms in total. The molecule has 5 heteroatoms. The number of aliphatic hydroxyl groups is 1. The fourth-order valence-corrected chi connectivity index (χ4v) is 2.39. The van der Waals surface area contributed by atoms with Crippen molar-refractivity contribution in [2.75, 3.05) is 0 Å². The van der Waals surface area contributed by atoms with Crippen molar-refractivity contribution in [3.8, 4) is 0 Å². The van der Waals surface area contributed by atoms with Crippen LogP contribution in [0.5, 0.6) is 0 Å². The van der Waals surface area contributed by atoms with Crippen LogP contribution in [-0.2, 0) is 0 Å². The molecule has 3 rings (SSSR count). The molecular weight excluding hydrogens is 283 g/mol. The van der Waals surface area contributed by atoms with Crippen molar-refractivity contribution < 1.29 is 5.11 Å². The first-order valence-corrected chi connectivity index (χ1v) is 6.48. The first kappa shape index (κ1) is 12.5. The number of nitrogens with zero attached hydrogens (tertiary/aromatic N) is 2. The molecule has 3 aromatic rings. The lowest BCUT2D eigenvalue weighted by atomic mass is 10.1. The number of hydrogen-bond donors (Lipinski definition) is 1. The predicted octanol–water partition coefficient (Wildman–Crippen LogP) is 3.72. The Morgan fingerprint density at radius 1 is 1.11 bits per heavy atom. The zero-order valence-electron chi connectivity index (χ0n) is 9.79. The Hall–Kier alpha value is -1.55.